The Bertz CT molecular complexity index is 1110. The van der Waals surface area contributed by atoms with E-state index in [9.17, 15) is 13.2 Å². The van der Waals surface area contributed by atoms with Crippen LogP contribution >= 0.6 is 0 Å². The van der Waals surface area contributed by atoms with E-state index in [0.717, 1.165) is 49.9 Å². The van der Waals surface area contributed by atoms with Gasteiger partial charge in [-0.15, -0.1) is 10.2 Å². The van der Waals surface area contributed by atoms with Crippen molar-refractivity contribution < 1.29 is 13.2 Å². The van der Waals surface area contributed by atoms with E-state index >= 15 is 0 Å². The highest BCUT2D eigenvalue weighted by Crippen LogP contribution is 2.39. The standard InChI is InChI=1S/C24H24F3N5/c1-14-3-2-4-18(28-14)13-32-11-15-7-19(8-16(15)12-32)29-23-6-5-22(30-31-23)20-9-17(25)10-21(26)24(20)27/h2-6,9-10,15-16,19H,7-8,11-13H2,1H3,(H,29,31)/t15-,16+,19+. The summed E-state index contributed by atoms with van der Waals surface area (Å²) in [5, 5.41) is 11.5. The monoisotopic (exact) mass is 439 g/mol. The number of halogens is 3. The molecule has 1 N–H and O–H groups in total. The van der Waals surface area contributed by atoms with E-state index in [4.69, 9.17) is 0 Å². The minimum atomic E-state index is -1.24. The topological polar surface area (TPSA) is 53.9 Å². The molecule has 166 valence electrons. The van der Waals surface area contributed by atoms with Crippen molar-refractivity contribution in [3.8, 4) is 11.3 Å². The molecule has 8 heteroatoms. The van der Waals surface area contributed by atoms with E-state index < -0.39 is 17.5 Å². The highest BCUT2D eigenvalue weighted by Gasteiger charge is 2.40. The molecule has 0 unspecified atom stereocenters. The molecule has 5 rings (SSSR count). The number of nitrogens with zero attached hydrogens (tertiary/aromatic N) is 4. The van der Waals surface area contributed by atoms with Gasteiger partial charge in [-0.05, 0) is 61.9 Å². The average molecular weight is 439 g/mol. The van der Waals surface area contributed by atoms with Gasteiger partial charge >= 0.3 is 0 Å². The lowest BCUT2D eigenvalue weighted by atomic mass is 10.0. The molecule has 3 heterocycles. The van der Waals surface area contributed by atoms with Gasteiger partial charge in [-0.3, -0.25) is 9.88 Å². The van der Waals surface area contributed by atoms with Crippen LogP contribution in [0.15, 0.2) is 42.5 Å². The number of pyridine rings is 1. The summed E-state index contributed by atoms with van der Waals surface area (Å²) < 4.78 is 40.9. The van der Waals surface area contributed by atoms with E-state index in [1.807, 2.05) is 13.0 Å². The van der Waals surface area contributed by atoms with Crippen molar-refractivity contribution >= 4 is 5.82 Å². The number of aromatic nitrogens is 3. The molecule has 1 aliphatic heterocycles. The Hall–Kier alpha value is -3.00. The van der Waals surface area contributed by atoms with Crippen molar-refractivity contribution in [3.63, 3.8) is 0 Å². The highest BCUT2D eigenvalue weighted by atomic mass is 19.2. The molecule has 0 spiro atoms. The first-order chi connectivity index (χ1) is 15.4. The van der Waals surface area contributed by atoms with Gasteiger partial charge in [-0.25, -0.2) is 13.2 Å². The summed E-state index contributed by atoms with van der Waals surface area (Å²) in [5.41, 5.74) is 2.02. The molecule has 32 heavy (non-hydrogen) atoms. The Kier molecular flexibility index (Phi) is 5.55. The number of anilines is 1. The van der Waals surface area contributed by atoms with E-state index in [1.165, 1.54) is 6.07 Å². The van der Waals surface area contributed by atoms with Crippen LogP contribution in [-0.2, 0) is 6.54 Å². The lowest BCUT2D eigenvalue weighted by molar-refractivity contribution is 0.297. The van der Waals surface area contributed by atoms with Gasteiger partial charge in [0, 0.05) is 43.0 Å². The van der Waals surface area contributed by atoms with Crippen molar-refractivity contribution in [1.29, 1.82) is 0 Å². The van der Waals surface area contributed by atoms with Crippen molar-refractivity contribution in [1.82, 2.24) is 20.1 Å². The van der Waals surface area contributed by atoms with E-state index in [1.54, 1.807) is 6.07 Å². The number of nitrogens with one attached hydrogen (secondary N) is 1. The maximum Gasteiger partial charge on any atom is 0.168 e. The van der Waals surface area contributed by atoms with Crippen molar-refractivity contribution in [2.24, 2.45) is 11.8 Å². The van der Waals surface area contributed by atoms with Crippen LogP contribution in [0.4, 0.5) is 19.0 Å². The van der Waals surface area contributed by atoms with E-state index in [2.05, 4.69) is 37.5 Å². The number of aryl methyl sites for hydroxylation is 1. The summed E-state index contributed by atoms with van der Waals surface area (Å²) in [4.78, 5) is 7.09. The lowest BCUT2D eigenvalue weighted by Gasteiger charge is -2.19. The Morgan fingerprint density at radius 3 is 2.47 bits per heavy atom. The SMILES string of the molecule is Cc1cccc(CN2C[C@H]3C[C@H](Nc4ccc(-c5cc(F)cc(F)c5F)nn4)C[C@H]3C2)n1. The van der Waals surface area contributed by atoms with Crippen LogP contribution in [0.2, 0.25) is 0 Å². The number of hydrogen-bond acceptors (Lipinski definition) is 5. The van der Waals surface area contributed by atoms with Gasteiger partial charge in [-0.2, -0.15) is 0 Å². The lowest BCUT2D eigenvalue weighted by Crippen LogP contribution is -2.25. The Labute approximate surface area is 184 Å². The third kappa shape index (κ3) is 4.32. The molecule has 5 nitrogen and oxygen atoms in total. The summed E-state index contributed by atoms with van der Waals surface area (Å²) in [6.07, 6.45) is 2.10. The molecule has 0 radical (unpaired) electrons. The molecule has 3 atom stereocenters. The highest BCUT2D eigenvalue weighted by molar-refractivity contribution is 5.60. The van der Waals surface area contributed by atoms with Crippen LogP contribution in [0, 0.1) is 36.2 Å². The van der Waals surface area contributed by atoms with Gasteiger partial charge < -0.3 is 5.32 Å². The zero-order chi connectivity index (χ0) is 22.2. The van der Waals surface area contributed by atoms with Gasteiger partial charge in [0.05, 0.1) is 11.4 Å². The normalized spacial score (nSPS) is 22.8. The zero-order valence-electron chi connectivity index (χ0n) is 17.7. The third-order valence-corrected chi connectivity index (χ3v) is 6.44. The maximum atomic E-state index is 14.0. The molecule has 1 aromatic carbocycles. The Morgan fingerprint density at radius 2 is 1.78 bits per heavy atom. The zero-order valence-corrected chi connectivity index (χ0v) is 17.7. The van der Waals surface area contributed by atoms with Crippen LogP contribution < -0.4 is 5.32 Å². The first kappa shape index (κ1) is 20.9. The molecule has 0 bridgehead atoms. The third-order valence-electron chi connectivity index (χ3n) is 6.44. The summed E-state index contributed by atoms with van der Waals surface area (Å²) in [6, 6.07) is 11.1. The fourth-order valence-electron chi connectivity index (χ4n) is 5.07. The van der Waals surface area contributed by atoms with Crippen LogP contribution in [0.25, 0.3) is 11.3 Å². The molecule has 2 aromatic heterocycles. The van der Waals surface area contributed by atoms with E-state index in [-0.39, 0.29) is 11.3 Å². The summed E-state index contributed by atoms with van der Waals surface area (Å²) >= 11 is 0. The van der Waals surface area contributed by atoms with Gasteiger partial charge in [-0.1, -0.05) is 6.07 Å². The molecular formula is C24H24F3N5. The fourth-order valence-corrected chi connectivity index (χ4v) is 5.07. The summed E-state index contributed by atoms with van der Waals surface area (Å²) in [7, 11) is 0. The molecule has 1 saturated heterocycles. The second-order valence-corrected chi connectivity index (χ2v) is 8.85. The quantitative estimate of drug-likeness (QED) is 0.590. The van der Waals surface area contributed by atoms with Gasteiger partial charge in [0.25, 0.3) is 0 Å². The summed E-state index contributed by atoms with van der Waals surface area (Å²) in [6.45, 7) is 5.03. The smallest absolute Gasteiger partial charge is 0.168 e. The largest absolute Gasteiger partial charge is 0.366 e. The molecule has 1 saturated carbocycles. The second-order valence-electron chi connectivity index (χ2n) is 8.85. The minimum absolute atomic E-state index is 0.0927. The van der Waals surface area contributed by atoms with Crippen molar-refractivity contribution in [3.05, 3.63) is 71.3 Å². The molecule has 2 aliphatic rings. The van der Waals surface area contributed by atoms with Crippen molar-refractivity contribution in [2.75, 3.05) is 18.4 Å². The number of likely N-dealkylation sites (tertiary alicyclic amines) is 1. The summed E-state index contributed by atoms with van der Waals surface area (Å²) in [5.74, 6) is -1.38. The molecule has 0 amide bonds. The molecular weight excluding hydrogens is 415 g/mol. The number of benzene rings is 1. The molecule has 2 fully saturated rings. The van der Waals surface area contributed by atoms with Gasteiger partial charge in [0.15, 0.2) is 11.6 Å². The second kappa shape index (κ2) is 8.50. The van der Waals surface area contributed by atoms with Crippen molar-refractivity contribution in [2.45, 2.75) is 32.4 Å². The van der Waals surface area contributed by atoms with Crippen LogP contribution in [0.3, 0.4) is 0 Å². The maximum absolute atomic E-state index is 14.0. The minimum Gasteiger partial charge on any atom is -0.366 e. The van der Waals surface area contributed by atoms with Gasteiger partial charge in [0.2, 0.25) is 0 Å². The average Bonchev–Trinajstić information content (AvgIpc) is 3.29. The fraction of sp³-hybridized carbons (Fsp3) is 0.375. The first-order valence-corrected chi connectivity index (χ1v) is 10.8. The predicted molar refractivity (Wildman–Crippen MR) is 115 cm³/mol. The first-order valence-electron chi connectivity index (χ1n) is 10.8. The number of hydrogen-bond donors (Lipinski definition) is 1. The molecule has 3 aromatic rings. The molecule has 1 aliphatic carbocycles. The Morgan fingerprint density at radius 1 is 1.00 bits per heavy atom. The predicted octanol–water partition coefficient (Wildman–Crippen LogP) is 4.59. The van der Waals surface area contributed by atoms with Crippen LogP contribution in [-0.4, -0.2) is 39.2 Å². The Balaban J connectivity index is 1.18. The van der Waals surface area contributed by atoms with Crippen LogP contribution in [0.5, 0.6) is 0 Å². The van der Waals surface area contributed by atoms with Gasteiger partial charge in [0.1, 0.15) is 11.6 Å². The number of fused-ring (bicyclic) bond motifs is 1. The van der Waals surface area contributed by atoms with Crippen LogP contribution in [0.1, 0.15) is 24.2 Å². The van der Waals surface area contributed by atoms with E-state index in [0.29, 0.717) is 29.8 Å². The number of rotatable bonds is 5.